The van der Waals surface area contributed by atoms with E-state index in [1.54, 1.807) is 0 Å². The molecular formula is C4H10N2O. The van der Waals surface area contributed by atoms with Gasteiger partial charge in [-0.05, 0) is 0 Å². The first-order valence-corrected chi connectivity index (χ1v) is 2.45. The van der Waals surface area contributed by atoms with E-state index in [-0.39, 0.29) is 12.8 Å². The van der Waals surface area contributed by atoms with Gasteiger partial charge in [0.25, 0.3) is 0 Å². The Morgan fingerprint density at radius 3 is 2.57 bits per heavy atom. The molecule has 0 aromatic carbocycles. The van der Waals surface area contributed by atoms with E-state index in [1.165, 1.54) is 0 Å². The van der Waals surface area contributed by atoms with Gasteiger partial charge in [-0.2, -0.15) is 0 Å². The van der Waals surface area contributed by atoms with Crippen molar-refractivity contribution in [2.75, 3.05) is 19.7 Å². The molecule has 1 aliphatic heterocycles. The Kier molecular flexibility index (Phi) is 1.27. The van der Waals surface area contributed by atoms with Crippen LogP contribution in [0.15, 0.2) is 0 Å². The van der Waals surface area contributed by atoms with Crippen LogP contribution in [-0.2, 0) is 0 Å². The van der Waals surface area contributed by atoms with E-state index in [4.69, 9.17) is 10.8 Å². The zero-order valence-electron chi connectivity index (χ0n) is 4.17. The third-order valence-electron chi connectivity index (χ3n) is 1.14. The summed E-state index contributed by atoms with van der Waals surface area (Å²) in [5, 5.41) is 8.30. The van der Waals surface area contributed by atoms with Crippen molar-refractivity contribution in [2.24, 2.45) is 5.73 Å². The van der Waals surface area contributed by atoms with E-state index < -0.39 is 0 Å². The lowest BCUT2D eigenvalue weighted by Gasteiger charge is -1.92. The van der Waals surface area contributed by atoms with E-state index in [1.807, 2.05) is 4.90 Å². The molecule has 3 N–H and O–H groups in total. The lowest BCUT2D eigenvalue weighted by Crippen LogP contribution is -2.13. The second-order valence-corrected chi connectivity index (χ2v) is 1.79. The molecule has 1 aliphatic rings. The second kappa shape index (κ2) is 1.78. The normalized spacial score (nSPS) is 38.6. The summed E-state index contributed by atoms with van der Waals surface area (Å²) in [4.78, 5) is 2.00. The van der Waals surface area contributed by atoms with Crippen LogP contribution >= 0.6 is 0 Å². The number of β-amino-alcohol motifs (C(OH)–C–C–N with tert-alkyl or cyclic N) is 1. The fourth-order valence-corrected chi connectivity index (χ4v) is 0.579. The maximum absolute atomic E-state index is 8.30. The third kappa shape index (κ3) is 1.12. The third-order valence-corrected chi connectivity index (χ3v) is 1.14. The minimum Gasteiger partial charge on any atom is -0.395 e. The van der Waals surface area contributed by atoms with E-state index >= 15 is 0 Å². The average Bonchev–Trinajstić information content (AvgIpc) is 2.22. The first-order chi connectivity index (χ1) is 3.34. The molecule has 7 heavy (non-hydrogen) atoms. The van der Waals surface area contributed by atoms with Crippen LogP contribution in [0, 0.1) is 0 Å². The lowest BCUT2D eigenvalue weighted by atomic mass is 10.7. The summed E-state index contributed by atoms with van der Waals surface area (Å²) in [5.74, 6) is 0. The molecule has 1 heterocycles. The number of aliphatic hydroxyl groups is 1. The maximum atomic E-state index is 8.30. The SMILES string of the molecule is NC1CN1CCO. The summed E-state index contributed by atoms with van der Waals surface area (Å²) >= 11 is 0. The van der Waals surface area contributed by atoms with E-state index in [9.17, 15) is 0 Å². The van der Waals surface area contributed by atoms with Crippen molar-refractivity contribution in [1.82, 2.24) is 4.90 Å². The summed E-state index contributed by atoms with van der Waals surface area (Å²) in [6, 6.07) is 0. The fourth-order valence-electron chi connectivity index (χ4n) is 0.579. The molecule has 3 nitrogen and oxygen atoms in total. The number of rotatable bonds is 2. The minimum absolute atomic E-state index is 0.230. The van der Waals surface area contributed by atoms with Crippen molar-refractivity contribution in [1.29, 1.82) is 0 Å². The molecular weight excluding hydrogens is 92.1 g/mol. The first-order valence-electron chi connectivity index (χ1n) is 2.45. The molecule has 0 bridgehead atoms. The van der Waals surface area contributed by atoms with Gasteiger partial charge in [0.1, 0.15) is 0 Å². The van der Waals surface area contributed by atoms with E-state index in [2.05, 4.69) is 0 Å². The maximum Gasteiger partial charge on any atom is 0.0705 e. The highest BCUT2D eigenvalue weighted by Gasteiger charge is 2.28. The number of hydrogen-bond acceptors (Lipinski definition) is 3. The predicted molar refractivity (Wildman–Crippen MR) is 26.6 cm³/mol. The monoisotopic (exact) mass is 102 g/mol. The van der Waals surface area contributed by atoms with Crippen molar-refractivity contribution in [2.45, 2.75) is 6.17 Å². The van der Waals surface area contributed by atoms with Crippen LogP contribution in [0.25, 0.3) is 0 Å². The highest BCUT2D eigenvalue weighted by Crippen LogP contribution is 2.07. The van der Waals surface area contributed by atoms with Gasteiger partial charge in [0.05, 0.1) is 12.8 Å². The average molecular weight is 102 g/mol. The van der Waals surface area contributed by atoms with Crippen molar-refractivity contribution in [3.05, 3.63) is 0 Å². The fraction of sp³-hybridized carbons (Fsp3) is 1.00. The zero-order valence-corrected chi connectivity index (χ0v) is 4.17. The lowest BCUT2D eigenvalue weighted by molar-refractivity contribution is 0.265. The number of aliphatic hydroxyl groups excluding tert-OH is 1. The molecule has 1 saturated heterocycles. The zero-order chi connectivity index (χ0) is 5.28. The van der Waals surface area contributed by atoms with Crippen LogP contribution in [0.4, 0.5) is 0 Å². The molecule has 2 unspecified atom stereocenters. The molecule has 0 aromatic rings. The van der Waals surface area contributed by atoms with Crippen LogP contribution < -0.4 is 5.73 Å². The summed E-state index contributed by atoms with van der Waals surface area (Å²) in [6.45, 7) is 1.93. The molecule has 0 radical (unpaired) electrons. The standard InChI is InChI=1S/C4H10N2O/c5-4-3-6(4)1-2-7/h4,7H,1-3,5H2. The highest BCUT2D eigenvalue weighted by molar-refractivity contribution is 4.82. The summed E-state index contributed by atoms with van der Waals surface area (Å²) < 4.78 is 0. The molecule has 0 amide bonds. The minimum atomic E-state index is 0.230. The van der Waals surface area contributed by atoms with E-state index in [0.717, 1.165) is 13.1 Å². The number of nitrogens with zero attached hydrogens (tertiary/aromatic N) is 1. The molecule has 2 atom stereocenters. The van der Waals surface area contributed by atoms with Gasteiger partial charge < -0.3 is 10.8 Å². The van der Waals surface area contributed by atoms with Crippen molar-refractivity contribution in [3.8, 4) is 0 Å². The van der Waals surface area contributed by atoms with Gasteiger partial charge in [-0.1, -0.05) is 0 Å². The van der Waals surface area contributed by atoms with Crippen LogP contribution in [0.5, 0.6) is 0 Å². The van der Waals surface area contributed by atoms with E-state index in [0.29, 0.717) is 0 Å². The Morgan fingerprint density at radius 2 is 2.43 bits per heavy atom. The summed E-state index contributed by atoms with van der Waals surface area (Å²) in [6.07, 6.45) is 0.243. The Labute approximate surface area is 42.7 Å². The Balaban J connectivity index is 1.98. The molecule has 42 valence electrons. The van der Waals surface area contributed by atoms with Gasteiger partial charge in [-0.3, -0.25) is 4.90 Å². The Bertz CT molecular complexity index is 66.7. The van der Waals surface area contributed by atoms with Gasteiger partial charge >= 0.3 is 0 Å². The molecule has 0 aliphatic carbocycles. The van der Waals surface area contributed by atoms with Crippen LogP contribution in [0.1, 0.15) is 0 Å². The summed E-state index contributed by atoms with van der Waals surface area (Å²) in [7, 11) is 0. The number of hydrogen-bond donors (Lipinski definition) is 2. The summed E-state index contributed by atoms with van der Waals surface area (Å²) in [5.41, 5.74) is 5.37. The molecule has 1 rings (SSSR count). The van der Waals surface area contributed by atoms with Crippen LogP contribution in [0.2, 0.25) is 0 Å². The molecule has 3 heteroatoms. The van der Waals surface area contributed by atoms with Gasteiger partial charge in [-0.25, -0.2) is 0 Å². The molecule has 0 spiro atoms. The van der Waals surface area contributed by atoms with Crippen molar-refractivity contribution >= 4 is 0 Å². The van der Waals surface area contributed by atoms with Gasteiger partial charge in [0.2, 0.25) is 0 Å². The molecule has 0 saturated carbocycles. The molecule has 0 aromatic heterocycles. The molecule has 1 fully saturated rings. The predicted octanol–water partition coefficient (Wildman–Crippen LogP) is -1.42. The first kappa shape index (κ1) is 5.03. The topological polar surface area (TPSA) is 49.3 Å². The largest absolute Gasteiger partial charge is 0.395 e. The van der Waals surface area contributed by atoms with Crippen molar-refractivity contribution in [3.63, 3.8) is 0 Å². The van der Waals surface area contributed by atoms with Crippen molar-refractivity contribution < 1.29 is 5.11 Å². The number of nitrogens with two attached hydrogens (primary N) is 1. The second-order valence-electron chi connectivity index (χ2n) is 1.79. The quantitative estimate of drug-likeness (QED) is 0.421. The van der Waals surface area contributed by atoms with Crippen LogP contribution in [0.3, 0.4) is 0 Å². The van der Waals surface area contributed by atoms with Gasteiger partial charge in [-0.15, -0.1) is 0 Å². The Hall–Kier alpha value is -0.120. The van der Waals surface area contributed by atoms with Gasteiger partial charge in [0, 0.05) is 13.1 Å². The van der Waals surface area contributed by atoms with Gasteiger partial charge in [0.15, 0.2) is 0 Å². The highest BCUT2D eigenvalue weighted by atomic mass is 16.3. The smallest absolute Gasteiger partial charge is 0.0705 e. The Morgan fingerprint density at radius 1 is 1.86 bits per heavy atom. The van der Waals surface area contributed by atoms with Crippen LogP contribution in [-0.4, -0.2) is 35.9 Å².